The van der Waals surface area contributed by atoms with E-state index in [1.807, 2.05) is 33.5 Å². The molecule has 0 aliphatic heterocycles. The van der Waals surface area contributed by atoms with Gasteiger partial charge in [-0.05, 0) is 33.5 Å². The highest BCUT2D eigenvalue weighted by Gasteiger charge is 2.58. The number of hydrogen-bond acceptors (Lipinski definition) is 4. The molecule has 14 heavy (non-hydrogen) atoms. The molecule has 0 atom stereocenters. The van der Waals surface area contributed by atoms with E-state index in [0.717, 1.165) is 0 Å². The second-order valence-electron chi connectivity index (χ2n) is 4.04. The first kappa shape index (κ1) is 14.5. The van der Waals surface area contributed by atoms with Crippen molar-refractivity contribution in [2.45, 2.75) is 39.5 Å². The van der Waals surface area contributed by atoms with Crippen LogP contribution >= 0.6 is 7.26 Å². The molecule has 0 rings (SSSR count). The Labute approximate surface area is 87.6 Å². The van der Waals surface area contributed by atoms with Crippen LogP contribution in [0.3, 0.4) is 0 Å². The van der Waals surface area contributed by atoms with Crippen LogP contribution in [-0.4, -0.2) is 36.8 Å². The van der Waals surface area contributed by atoms with Crippen molar-refractivity contribution in [3.63, 3.8) is 0 Å². The molecule has 86 valence electrons. The van der Waals surface area contributed by atoms with Gasteiger partial charge >= 0.3 is 6.03 Å². The van der Waals surface area contributed by atoms with Gasteiger partial charge in [0.25, 0.3) is 15.0 Å². The van der Waals surface area contributed by atoms with Crippen LogP contribution in [-0.2, 0) is 9.47 Å². The van der Waals surface area contributed by atoms with Gasteiger partial charge in [0.2, 0.25) is 0 Å². The molecule has 0 fully saturated rings. The van der Waals surface area contributed by atoms with Crippen molar-refractivity contribution in [1.82, 2.24) is 0 Å². The Bertz CT molecular complexity index is 163. The van der Waals surface area contributed by atoms with Crippen molar-refractivity contribution in [2.75, 3.05) is 13.2 Å². The Morgan fingerprint density at radius 3 is 1.64 bits per heavy atom. The summed E-state index contributed by atoms with van der Waals surface area (Å²) in [6.45, 7) is 10.2. The third kappa shape index (κ3) is 3.57. The zero-order chi connectivity index (χ0) is 11.4. The van der Waals surface area contributed by atoms with Crippen LogP contribution in [0.25, 0.3) is 0 Å². The molecule has 0 bridgehead atoms. The summed E-state index contributed by atoms with van der Waals surface area (Å²) >= 11 is 0. The first-order valence-electron chi connectivity index (χ1n) is 4.84. The summed E-state index contributed by atoms with van der Waals surface area (Å²) in [6, 6.07) is -0.829. The van der Waals surface area contributed by atoms with Crippen molar-refractivity contribution in [1.29, 1.82) is 0 Å². The topological polar surface area (TPSA) is 58.9 Å². The van der Waals surface area contributed by atoms with Gasteiger partial charge in [-0.1, -0.05) is 0 Å². The molecule has 0 unspecified atom stereocenters. The molecule has 4 nitrogen and oxygen atoms in total. The third-order valence-corrected chi connectivity index (χ3v) is 11.3. The summed E-state index contributed by atoms with van der Waals surface area (Å²) < 4.78 is 10.5. The van der Waals surface area contributed by atoms with Crippen molar-refractivity contribution < 1.29 is 19.3 Å². The zero-order valence-corrected chi connectivity index (χ0v) is 11.5. The highest BCUT2D eigenvalue weighted by molar-refractivity contribution is 8.00. The van der Waals surface area contributed by atoms with Crippen LogP contribution in [0.2, 0.25) is 19.6 Å². The molecule has 0 saturated heterocycles. The van der Waals surface area contributed by atoms with Gasteiger partial charge < -0.3 is 9.47 Å². The van der Waals surface area contributed by atoms with Crippen LogP contribution in [0.4, 0.5) is 0 Å². The van der Waals surface area contributed by atoms with E-state index < -0.39 is 21.0 Å². The lowest BCUT2D eigenvalue weighted by Crippen LogP contribution is -2.35. The first-order valence-corrected chi connectivity index (χ1v) is 11.0. The molecular weight excluding hydrogens is 219 g/mol. The van der Waals surface area contributed by atoms with Crippen LogP contribution in [0, 0.1) is 0 Å². The lowest BCUT2D eigenvalue weighted by atomic mass is 10.9. The number of rotatable bonds is 6. The largest absolute Gasteiger partial charge is 0.319 e. The maximum absolute atomic E-state index is 10.1. The highest BCUT2D eigenvalue weighted by atomic mass is 31.5. The van der Waals surface area contributed by atoms with E-state index in [1.54, 1.807) is 0 Å². The second-order valence-corrected chi connectivity index (χ2v) is 16.1. The smallest absolute Gasteiger partial charge is 0.316 e. The highest BCUT2D eigenvalue weighted by Crippen LogP contribution is 2.63. The Kier molecular flexibility index (Phi) is 5.73. The van der Waals surface area contributed by atoms with E-state index in [9.17, 15) is 9.79 Å². The predicted octanol–water partition coefficient (Wildman–Crippen LogP) is 2.01. The van der Waals surface area contributed by atoms with E-state index in [1.165, 1.54) is 0 Å². The number of ether oxygens (including phenoxy) is 2. The second kappa shape index (κ2) is 5.54. The Morgan fingerprint density at radius 1 is 1.07 bits per heavy atom. The van der Waals surface area contributed by atoms with Crippen molar-refractivity contribution >= 4 is 15.0 Å². The minimum Gasteiger partial charge on any atom is -0.319 e. The zero-order valence-electron chi connectivity index (χ0n) is 9.65. The number of hydrogen-bond donors (Lipinski definition) is 2. The Hall–Kier alpha value is 0.487. The van der Waals surface area contributed by atoms with Gasteiger partial charge in [0.05, 0.1) is 13.2 Å². The molecule has 2 N–H and O–H groups in total. The summed E-state index contributed by atoms with van der Waals surface area (Å²) in [5.74, 6) is 0. The van der Waals surface area contributed by atoms with Crippen LogP contribution in [0.15, 0.2) is 0 Å². The fraction of sp³-hybridized carbons (Fsp3) is 1.00. The van der Waals surface area contributed by atoms with E-state index in [2.05, 4.69) is 0 Å². The van der Waals surface area contributed by atoms with Crippen LogP contribution in [0.5, 0.6) is 0 Å². The lowest BCUT2D eigenvalue weighted by molar-refractivity contribution is -0.0891. The molecule has 0 radical (unpaired) electrons. The maximum atomic E-state index is 10.1. The molecule has 0 amide bonds. The van der Waals surface area contributed by atoms with Crippen LogP contribution in [0.1, 0.15) is 13.8 Å². The molecule has 0 aromatic heterocycles. The molecule has 0 heterocycles. The quantitative estimate of drug-likeness (QED) is 0.424. The fourth-order valence-electron chi connectivity index (χ4n) is 0.857. The lowest BCUT2D eigenvalue weighted by Gasteiger charge is -2.29. The average molecular weight is 241 g/mol. The molecule has 6 heteroatoms. The monoisotopic (exact) mass is 241 g/mol. The standard InChI is InChI=1S/C8H22O4PSi/c1-6-11-8(12-7-2)13(9,10)14(3,4)5/h8-10H,6-7H2,1-5H3/q+1. The summed E-state index contributed by atoms with van der Waals surface area (Å²) in [5.41, 5.74) is 0. The molecule has 0 spiro atoms. The molecule has 0 aliphatic carbocycles. The van der Waals surface area contributed by atoms with Crippen molar-refractivity contribution in [3.05, 3.63) is 0 Å². The van der Waals surface area contributed by atoms with E-state index in [-0.39, 0.29) is 0 Å². The predicted molar refractivity (Wildman–Crippen MR) is 61.7 cm³/mol. The molecular formula is C8H22O4PSi+. The van der Waals surface area contributed by atoms with Gasteiger partial charge in [-0.25, -0.2) is 9.79 Å². The van der Waals surface area contributed by atoms with Crippen molar-refractivity contribution in [3.8, 4) is 0 Å². The Balaban J connectivity index is 4.61. The summed E-state index contributed by atoms with van der Waals surface area (Å²) in [7, 11) is -5.13. The normalized spacial score (nSPS) is 13.7. The van der Waals surface area contributed by atoms with Gasteiger partial charge in [-0.15, -0.1) is 0 Å². The van der Waals surface area contributed by atoms with Crippen LogP contribution < -0.4 is 0 Å². The first-order chi connectivity index (χ1) is 6.27. The van der Waals surface area contributed by atoms with Gasteiger partial charge in [0, 0.05) is 0 Å². The van der Waals surface area contributed by atoms with E-state index in [0.29, 0.717) is 13.2 Å². The SMILES string of the molecule is CCOC(OCC)[P+](O)(O)[Si](C)(C)C. The summed E-state index contributed by atoms with van der Waals surface area (Å²) in [4.78, 5) is 20.1. The van der Waals surface area contributed by atoms with E-state index >= 15 is 0 Å². The van der Waals surface area contributed by atoms with Gasteiger partial charge in [-0.2, -0.15) is 0 Å². The fourth-order valence-corrected chi connectivity index (χ4v) is 4.55. The average Bonchev–Trinajstić information content (AvgIpc) is 2.02. The minimum absolute atomic E-state index is 0.429. The Morgan fingerprint density at radius 2 is 1.43 bits per heavy atom. The molecule has 0 saturated carbocycles. The maximum Gasteiger partial charge on any atom is 0.316 e. The minimum atomic E-state index is -3.08. The summed E-state index contributed by atoms with van der Waals surface area (Å²) in [5, 5.41) is 0. The third-order valence-electron chi connectivity index (χ3n) is 1.90. The molecule has 0 aromatic rings. The van der Waals surface area contributed by atoms with Gasteiger partial charge in [0.15, 0.2) is 0 Å². The van der Waals surface area contributed by atoms with Crippen molar-refractivity contribution in [2.24, 2.45) is 0 Å². The van der Waals surface area contributed by atoms with Gasteiger partial charge in [-0.3, -0.25) is 0 Å². The van der Waals surface area contributed by atoms with E-state index in [4.69, 9.17) is 9.47 Å². The molecule has 0 aliphatic rings. The summed E-state index contributed by atoms with van der Waals surface area (Å²) in [6.07, 6.45) is 0. The molecule has 0 aromatic carbocycles. The van der Waals surface area contributed by atoms with Gasteiger partial charge in [0.1, 0.15) is 0 Å².